The summed E-state index contributed by atoms with van der Waals surface area (Å²) in [6, 6.07) is 14.1. The molecule has 0 saturated heterocycles. The molecule has 1 atom stereocenters. The number of carbonyl (C=O) groups excluding carboxylic acids is 1. The Kier molecular flexibility index (Phi) is 6.36. The Morgan fingerprint density at radius 3 is 1.96 bits per heavy atom. The molecule has 4 heteroatoms. The van der Waals surface area contributed by atoms with Crippen molar-refractivity contribution in [1.29, 1.82) is 0 Å². The van der Waals surface area contributed by atoms with Crippen LogP contribution >= 0.6 is 0 Å². The molecule has 0 N–H and O–H groups in total. The van der Waals surface area contributed by atoms with E-state index >= 15 is 0 Å². The number of halogens is 1. The minimum Gasteiger partial charge on any atom is -0.497 e. The van der Waals surface area contributed by atoms with Crippen molar-refractivity contribution < 1.29 is 13.9 Å². The summed E-state index contributed by atoms with van der Waals surface area (Å²) in [6.07, 6.45) is 0.361. The third-order valence-electron chi connectivity index (χ3n) is 4.29. The number of rotatable bonds is 7. The Hall–Kier alpha value is -2.36. The highest BCUT2D eigenvalue weighted by Gasteiger charge is 2.21. The highest BCUT2D eigenvalue weighted by molar-refractivity contribution is 5.77. The lowest BCUT2D eigenvalue weighted by atomic mass is 9.88. The van der Waals surface area contributed by atoms with Crippen LogP contribution < -0.4 is 4.74 Å². The average molecular weight is 329 g/mol. The fourth-order valence-electron chi connectivity index (χ4n) is 2.84. The molecule has 128 valence electrons. The number of carbonyl (C=O) groups is 1. The van der Waals surface area contributed by atoms with Gasteiger partial charge in [-0.05, 0) is 49.2 Å². The normalized spacial score (nSPS) is 11.8. The molecule has 0 spiro atoms. The van der Waals surface area contributed by atoms with E-state index in [2.05, 4.69) is 0 Å². The van der Waals surface area contributed by atoms with Crippen LogP contribution in [-0.4, -0.2) is 31.0 Å². The summed E-state index contributed by atoms with van der Waals surface area (Å²) in [5.41, 5.74) is 1.95. The summed E-state index contributed by atoms with van der Waals surface area (Å²) in [6.45, 7) is 5.32. The first-order valence-corrected chi connectivity index (χ1v) is 8.26. The van der Waals surface area contributed by atoms with Crippen molar-refractivity contribution in [2.75, 3.05) is 20.2 Å². The fourth-order valence-corrected chi connectivity index (χ4v) is 2.84. The molecule has 2 rings (SSSR count). The number of methoxy groups -OCH3 is 1. The van der Waals surface area contributed by atoms with E-state index in [-0.39, 0.29) is 17.6 Å². The summed E-state index contributed by atoms with van der Waals surface area (Å²) in [5, 5.41) is 0. The summed E-state index contributed by atoms with van der Waals surface area (Å²) in [7, 11) is 1.62. The van der Waals surface area contributed by atoms with Crippen molar-refractivity contribution in [3.63, 3.8) is 0 Å². The van der Waals surface area contributed by atoms with Crippen molar-refractivity contribution in [3.05, 3.63) is 65.5 Å². The van der Waals surface area contributed by atoms with Crippen molar-refractivity contribution in [2.45, 2.75) is 26.2 Å². The maximum Gasteiger partial charge on any atom is 0.223 e. The molecule has 0 bridgehead atoms. The van der Waals surface area contributed by atoms with Crippen molar-refractivity contribution in [2.24, 2.45) is 0 Å². The predicted molar refractivity (Wildman–Crippen MR) is 93.8 cm³/mol. The molecule has 0 saturated carbocycles. The number of hydrogen-bond donors (Lipinski definition) is 0. The maximum absolute atomic E-state index is 13.3. The predicted octanol–water partition coefficient (Wildman–Crippen LogP) is 4.22. The second-order valence-electron chi connectivity index (χ2n) is 5.65. The van der Waals surface area contributed by atoms with Crippen LogP contribution in [0.5, 0.6) is 5.75 Å². The van der Waals surface area contributed by atoms with Gasteiger partial charge < -0.3 is 9.64 Å². The Bertz CT molecular complexity index is 648. The topological polar surface area (TPSA) is 29.5 Å². The first kappa shape index (κ1) is 18.0. The van der Waals surface area contributed by atoms with Gasteiger partial charge in [0, 0.05) is 25.4 Å². The molecule has 0 heterocycles. The lowest BCUT2D eigenvalue weighted by Gasteiger charge is -2.23. The van der Waals surface area contributed by atoms with Gasteiger partial charge in [0.2, 0.25) is 5.91 Å². The zero-order valence-electron chi connectivity index (χ0n) is 14.5. The van der Waals surface area contributed by atoms with E-state index in [0.29, 0.717) is 19.5 Å². The molecule has 0 aliphatic rings. The molecule has 0 aromatic heterocycles. The number of benzene rings is 2. The van der Waals surface area contributed by atoms with E-state index in [1.165, 1.54) is 12.1 Å². The molecular formula is C20H24FNO2. The zero-order valence-corrected chi connectivity index (χ0v) is 14.5. The van der Waals surface area contributed by atoms with Crippen LogP contribution in [0.4, 0.5) is 4.39 Å². The lowest BCUT2D eigenvalue weighted by molar-refractivity contribution is -0.131. The lowest BCUT2D eigenvalue weighted by Crippen LogP contribution is -2.31. The van der Waals surface area contributed by atoms with Crippen molar-refractivity contribution in [3.8, 4) is 5.75 Å². The van der Waals surface area contributed by atoms with Gasteiger partial charge >= 0.3 is 0 Å². The second-order valence-corrected chi connectivity index (χ2v) is 5.65. The smallest absolute Gasteiger partial charge is 0.223 e. The third kappa shape index (κ3) is 4.34. The van der Waals surface area contributed by atoms with E-state index in [9.17, 15) is 9.18 Å². The number of nitrogens with zero attached hydrogens (tertiary/aromatic N) is 1. The van der Waals surface area contributed by atoms with Crippen LogP contribution in [0.2, 0.25) is 0 Å². The molecule has 0 fully saturated rings. The molecule has 2 aromatic rings. The molecule has 1 amide bonds. The summed E-state index contributed by atoms with van der Waals surface area (Å²) in [5.74, 6) is 0.490. The van der Waals surface area contributed by atoms with Gasteiger partial charge in [0.1, 0.15) is 11.6 Å². The molecule has 0 aliphatic carbocycles. The molecule has 3 nitrogen and oxygen atoms in total. The first-order chi connectivity index (χ1) is 11.6. The standard InChI is InChI=1S/C20H24FNO2/c1-4-22(5-2)20(23)14-19(15-6-10-17(21)11-7-15)16-8-12-18(24-3)13-9-16/h6-13,19H,4-5,14H2,1-3H3/t19-/m1/s1. The summed E-state index contributed by atoms with van der Waals surface area (Å²) >= 11 is 0. The van der Waals surface area contributed by atoms with Crippen LogP contribution in [0, 0.1) is 5.82 Å². The van der Waals surface area contributed by atoms with Gasteiger partial charge in [-0.1, -0.05) is 24.3 Å². The largest absolute Gasteiger partial charge is 0.497 e. The maximum atomic E-state index is 13.3. The molecule has 0 aliphatic heterocycles. The van der Waals surface area contributed by atoms with E-state index < -0.39 is 0 Å². The van der Waals surface area contributed by atoms with E-state index in [4.69, 9.17) is 4.74 Å². The molecular weight excluding hydrogens is 305 g/mol. The Balaban J connectivity index is 2.33. The minimum atomic E-state index is -0.276. The van der Waals surface area contributed by atoms with Gasteiger partial charge in [0.15, 0.2) is 0 Å². The minimum absolute atomic E-state index is 0.102. The van der Waals surface area contributed by atoms with Gasteiger partial charge in [-0.15, -0.1) is 0 Å². The number of hydrogen-bond acceptors (Lipinski definition) is 2. The highest BCUT2D eigenvalue weighted by Crippen LogP contribution is 2.30. The monoisotopic (exact) mass is 329 g/mol. The van der Waals surface area contributed by atoms with Crippen LogP contribution in [0.1, 0.15) is 37.3 Å². The van der Waals surface area contributed by atoms with Crippen LogP contribution in [-0.2, 0) is 4.79 Å². The van der Waals surface area contributed by atoms with E-state index in [0.717, 1.165) is 16.9 Å². The molecule has 24 heavy (non-hydrogen) atoms. The van der Waals surface area contributed by atoms with Gasteiger partial charge in [-0.2, -0.15) is 0 Å². The highest BCUT2D eigenvalue weighted by atomic mass is 19.1. The second kappa shape index (κ2) is 8.48. The van der Waals surface area contributed by atoms with Gasteiger partial charge in [-0.25, -0.2) is 4.39 Å². The van der Waals surface area contributed by atoms with Gasteiger partial charge in [0.25, 0.3) is 0 Å². The Morgan fingerprint density at radius 1 is 1.00 bits per heavy atom. The SMILES string of the molecule is CCN(CC)C(=O)C[C@H](c1ccc(F)cc1)c1ccc(OC)cc1. The average Bonchev–Trinajstić information content (AvgIpc) is 2.62. The quantitative estimate of drug-likeness (QED) is 0.761. The van der Waals surface area contributed by atoms with Crippen LogP contribution in [0.3, 0.4) is 0 Å². The molecule has 0 unspecified atom stereocenters. The van der Waals surface area contributed by atoms with Gasteiger partial charge in [-0.3, -0.25) is 4.79 Å². The number of amides is 1. The van der Waals surface area contributed by atoms with E-state index in [1.54, 1.807) is 19.2 Å². The fraction of sp³-hybridized carbons (Fsp3) is 0.350. The Labute approximate surface area is 143 Å². The van der Waals surface area contributed by atoms with Crippen molar-refractivity contribution in [1.82, 2.24) is 4.90 Å². The van der Waals surface area contributed by atoms with E-state index in [1.807, 2.05) is 43.0 Å². The summed E-state index contributed by atoms with van der Waals surface area (Å²) < 4.78 is 18.5. The molecule has 0 radical (unpaired) electrons. The van der Waals surface area contributed by atoms with Crippen LogP contribution in [0.25, 0.3) is 0 Å². The third-order valence-corrected chi connectivity index (χ3v) is 4.29. The van der Waals surface area contributed by atoms with Crippen LogP contribution in [0.15, 0.2) is 48.5 Å². The first-order valence-electron chi connectivity index (χ1n) is 8.26. The zero-order chi connectivity index (χ0) is 17.5. The molecule has 2 aromatic carbocycles. The van der Waals surface area contributed by atoms with Crippen molar-refractivity contribution >= 4 is 5.91 Å². The summed E-state index contributed by atoms with van der Waals surface area (Å²) in [4.78, 5) is 14.4. The Morgan fingerprint density at radius 2 is 1.50 bits per heavy atom. The van der Waals surface area contributed by atoms with Gasteiger partial charge in [0.05, 0.1) is 7.11 Å². The number of ether oxygens (including phenoxy) is 1.